The molecule has 0 amide bonds. The van der Waals surface area contributed by atoms with Gasteiger partial charge in [0.05, 0.1) is 13.2 Å². The van der Waals surface area contributed by atoms with Crippen molar-refractivity contribution in [3.05, 3.63) is 107 Å². The molecule has 0 spiro atoms. The van der Waals surface area contributed by atoms with Crippen LogP contribution in [-0.4, -0.2) is 18.3 Å². The fourth-order valence-electron chi connectivity index (χ4n) is 7.82. The van der Waals surface area contributed by atoms with Crippen LogP contribution < -0.4 is 9.47 Å². The number of ether oxygens (including phenoxy) is 2. The largest absolute Gasteiger partial charge is 0.494 e. The lowest BCUT2D eigenvalue weighted by Gasteiger charge is -2.25. The Labute approximate surface area is 353 Å². The normalized spacial score (nSPS) is 16.4. The molecule has 322 valence electrons. The van der Waals surface area contributed by atoms with Crippen LogP contribution >= 0.6 is 0 Å². The number of aliphatic hydroxyl groups is 1. The Morgan fingerprint density at radius 2 is 1.12 bits per heavy atom. The lowest BCUT2D eigenvalue weighted by Crippen LogP contribution is -2.12. The van der Waals surface area contributed by atoms with Gasteiger partial charge in [0.1, 0.15) is 18.1 Å². The fourth-order valence-corrected chi connectivity index (χ4v) is 7.82. The summed E-state index contributed by atoms with van der Waals surface area (Å²) in [6.45, 7) is 30.5. The summed E-state index contributed by atoms with van der Waals surface area (Å²) in [6, 6.07) is 27.8. The second kappa shape index (κ2) is 29.2. The average Bonchev–Trinajstić information content (AvgIpc) is 3.66. The van der Waals surface area contributed by atoms with Crippen molar-refractivity contribution in [2.75, 3.05) is 13.2 Å². The molecular formula is C54H88O3. The van der Waals surface area contributed by atoms with Crippen LogP contribution in [0.5, 0.6) is 11.5 Å². The quantitative estimate of drug-likeness (QED) is 0.166. The first-order chi connectivity index (χ1) is 27.3. The fraction of sp³-hybridized carbons (Fsp3) is 0.630. The summed E-state index contributed by atoms with van der Waals surface area (Å²) in [5, 5.41) is 8.62. The van der Waals surface area contributed by atoms with Crippen molar-refractivity contribution in [3.63, 3.8) is 0 Å². The van der Waals surface area contributed by atoms with Gasteiger partial charge in [-0.3, -0.25) is 0 Å². The average molecular weight is 785 g/mol. The zero-order valence-corrected chi connectivity index (χ0v) is 39.3. The molecule has 57 heavy (non-hydrogen) atoms. The molecule has 3 aromatic rings. The van der Waals surface area contributed by atoms with Gasteiger partial charge in [-0.15, -0.1) is 0 Å². The van der Waals surface area contributed by atoms with E-state index in [9.17, 15) is 0 Å². The first-order valence-corrected chi connectivity index (χ1v) is 23.1. The molecule has 0 saturated heterocycles. The summed E-state index contributed by atoms with van der Waals surface area (Å²) < 4.78 is 11.8. The van der Waals surface area contributed by atoms with Gasteiger partial charge in [-0.05, 0) is 126 Å². The van der Waals surface area contributed by atoms with E-state index in [1.165, 1.54) is 86.5 Å². The summed E-state index contributed by atoms with van der Waals surface area (Å²) >= 11 is 0. The molecule has 3 unspecified atom stereocenters. The van der Waals surface area contributed by atoms with Crippen molar-refractivity contribution in [2.45, 2.75) is 186 Å². The molecule has 2 aliphatic rings. The van der Waals surface area contributed by atoms with Crippen LogP contribution in [-0.2, 0) is 6.61 Å². The summed E-state index contributed by atoms with van der Waals surface area (Å²) in [5.74, 6) is 4.94. The number of allylic oxidation sites excluding steroid dienone is 1. The molecule has 0 aromatic heterocycles. The van der Waals surface area contributed by atoms with Crippen molar-refractivity contribution >= 4 is 0 Å². The molecule has 0 radical (unpaired) electrons. The lowest BCUT2D eigenvalue weighted by molar-refractivity contribution is 0.246. The first kappa shape index (κ1) is 52.0. The van der Waals surface area contributed by atoms with Gasteiger partial charge in [0.2, 0.25) is 0 Å². The van der Waals surface area contributed by atoms with Crippen molar-refractivity contribution in [1.82, 2.24) is 0 Å². The van der Waals surface area contributed by atoms with Crippen LogP contribution in [0, 0.1) is 22.7 Å². The highest BCUT2D eigenvalue weighted by Gasteiger charge is 2.20. The molecule has 0 heterocycles. The highest BCUT2D eigenvalue weighted by atomic mass is 16.5. The van der Waals surface area contributed by atoms with E-state index in [-0.39, 0.29) is 6.61 Å². The third-order valence-electron chi connectivity index (χ3n) is 10.8. The highest BCUT2D eigenvalue weighted by molar-refractivity contribution is 5.31. The zero-order chi connectivity index (χ0) is 42.7. The molecule has 5 rings (SSSR count). The monoisotopic (exact) mass is 785 g/mol. The van der Waals surface area contributed by atoms with Gasteiger partial charge >= 0.3 is 0 Å². The van der Waals surface area contributed by atoms with Crippen molar-refractivity contribution < 1.29 is 14.6 Å². The van der Waals surface area contributed by atoms with Crippen molar-refractivity contribution in [2.24, 2.45) is 22.7 Å². The highest BCUT2D eigenvalue weighted by Crippen LogP contribution is 2.35. The maximum absolute atomic E-state index is 8.62. The zero-order valence-electron chi connectivity index (χ0n) is 39.3. The molecule has 1 N–H and O–H groups in total. The van der Waals surface area contributed by atoms with Crippen molar-refractivity contribution in [3.8, 4) is 11.5 Å². The number of aliphatic hydroxyl groups excluding tert-OH is 1. The Bertz CT molecular complexity index is 1400. The molecule has 3 aromatic carbocycles. The standard InChI is InChI=1S/C22H36O.C21H28O.C7H12O.2C2H6/c1-5-19(17-22(2,3)4)20-11-13-21(14-12-20)23-16-15-18-9-7-6-8-10-18;1-5-18(15-21(2,3)4)19-11-13-20(14-12-19)22-16-17-9-7-6-8-10-17;1-6-2-3-7(4-6)5-8;2*1-2/h11-14,18-19H,5-10,15-17H2,1-4H3;6-14,18H,5,15-16H2,1-4H3;3,6,8H,2,4-5H2,1H3;2*1-2H3. The topological polar surface area (TPSA) is 38.7 Å². The van der Waals surface area contributed by atoms with Gasteiger partial charge in [0.25, 0.3) is 0 Å². The van der Waals surface area contributed by atoms with Gasteiger partial charge in [-0.25, -0.2) is 0 Å². The molecule has 0 aliphatic heterocycles. The minimum Gasteiger partial charge on any atom is -0.494 e. The molecular weight excluding hydrogens is 697 g/mol. The van der Waals surface area contributed by atoms with Crippen LogP contribution in [0.15, 0.2) is 90.5 Å². The van der Waals surface area contributed by atoms with E-state index >= 15 is 0 Å². The number of hydrogen-bond acceptors (Lipinski definition) is 3. The van der Waals surface area contributed by atoms with Crippen LogP contribution in [0.1, 0.15) is 196 Å². The molecule has 3 heteroatoms. The second-order valence-corrected chi connectivity index (χ2v) is 18.4. The molecule has 3 nitrogen and oxygen atoms in total. The number of hydrogen-bond donors (Lipinski definition) is 1. The van der Waals surface area contributed by atoms with Gasteiger partial charge in [-0.1, -0.05) is 183 Å². The van der Waals surface area contributed by atoms with E-state index in [1.54, 1.807) is 0 Å². The van der Waals surface area contributed by atoms with E-state index in [4.69, 9.17) is 14.6 Å². The Balaban J connectivity index is 0.000000445. The second-order valence-electron chi connectivity index (χ2n) is 18.4. The van der Waals surface area contributed by atoms with Crippen LogP contribution in [0.3, 0.4) is 0 Å². The van der Waals surface area contributed by atoms with Gasteiger partial charge in [0.15, 0.2) is 0 Å². The van der Waals surface area contributed by atoms with E-state index in [0.717, 1.165) is 42.8 Å². The predicted molar refractivity (Wildman–Crippen MR) is 251 cm³/mol. The Kier molecular flexibility index (Phi) is 26.6. The van der Waals surface area contributed by atoms with Gasteiger partial charge in [-0.2, -0.15) is 0 Å². The summed E-state index contributed by atoms with van der Waals surface area (Å²) in [4.78, 5) is 0. The summed E-state index contributed by atoms with van der Waals surface area (Å²) in [5.41, 5.74) is 6.05. The minimum absolute atomic E-state index is 0.268. The van der Waals surface area contributed by atoms with E-state index in [0.29, 0.717) is 29.3 Å². The number of rotatable bonds is 14. The molecule has 2 aliphatic carbocycles. The number of benzene rings is 3. The maximum Gasteiger partial charge on any atom is 0.119 e. The Morgan fingerprint density at radius 3 is 1.51 bits per heavy atom. The predicted octanol–water partition coefficient (Wildman–Crippen LogP) is 16.5. The molecule has 1 saturated carbocycles. The molecule has 1 fully saturated rings. The van der Waals surface area contributed by atoms with E-state index in [1.807, 2.05) is 45.9 Å². The van der Waals surface area contributed by atoms with Gasteiger partial charge in [0, 0.05) is 0 Å². The van der Waals surface area contributed by atoms with Crippen molar-refractivity contribution in [1.29, 1.82) is 0 Å². The SMILES string of the molecule is CC.CC.CC1CC=C(CO)C1.CCC(CC(C)(C)C)c1ccc(OCCC2CCCCC2)cc1.CCC(CC(C)(C)C)c1ccc(OCc2ccccc2)cc1. The van der Waals surface area contributed by atoms with E-state index < -0.39 is 0 Å². The third-order valence-corrected chi connectivity index (χ3v) is 10.8. The molecule has 3 atom stereocenters. The lowest BCUT2D eigenvalue weighted by atomic mass is 9.80. The maximum atomic E-state index is 8.62. The minimum atomic E-state index is 0.268. The third kappa shape index (κ3) is 23.2. The van der Waals surface area contributed by atoms with E-state index in [2.05, 4.69) is 129 Å². The summed E-state index contributed by atoms with van der Waals surface area (Å²) in [7, 11) is 0. The Morgan fingerprint density at radius 1 is 0.649 bits per heavy atom. The van der Waals surface area contributed by atoms with Crippen LogP contribution in [0.25, 0.3) is 0 Å². The first-order valence-electron chi connectivity index (χ1n) is 23.1. The van der Waals surface area contributed by atoms with Crippen LogP contribution in [0.4, 0.5) is 0 Å². The smallest absolute Gasteiger partial charge is 0.119 e. The van der Waals surface area contributed by atoms with Crippen LogP contribution in [0.2, 0.25) is 0 Å². The summed E-state index contributed by atoms with van der Waals surface area (Å²) in [6.07, 6.45) is 17.6. The van der Waals surface area contributed by atoms with Gasteiger partial charge < -0.3 is 14.6 Å². The molecule has 0 bridgehead atoms. The Hall–Kier alpha value is -3.04.